The molecule has 0 unspecified atom stereocenters. The van der Waals surface area contributed by atoms with E-state index in [2.05, 4.69) is 36.2 Å². The molecule has 3 N–H and O–H groups in total. The largest absolute Gasteiger partial charge is 0.316 e. The number of halogens is 1. The van der Waals surface area contributed by atoms with E-state index in [-0.39, 0.29) is 11.4 Å². The zero-order chi connectivity index (χ0) is 15.5. The van der Waals surface area contributed by atoms with Crippen LogP contribution in [0.4, 0.5) is 0 Å². The zero-order valence-electron chi connectivity index (χ0n) is 11.8. The second-order valence-corrected chi connectivity index (χ2v) is 7.21. The van der Waals surface area contributed by atoms with Gasteiger partial charge in [0, 0.05) is 29.3 Å². The van der Waals surface area contributed by atoms with Crippen molar-refractivity contribution in [2.45, 2.75) is 24.9 Å². The lowest BCUT2D eigenvalue weighted by atomic mass is 10.1. The minimum absolute atomic E-state index is 0.195. The number of hydrogen-bond acceptors (Lipinski definition) is 4. The first-order valence-corrected chi connectivity index (χ1v) is 8.62. The van der Waals surface area contributed by atoms with E-state index in [9.17, 15) is 8.42 Å². The summed E-state index contributed by atoms with van der Waals surface area (Å²) in [5.74, 6) is 0. The van der Waals surface area contributed by atoms with Crippen LogP contribution in [-0.4, -0.2) is 25.7 Å². The van der Waals surface area contributed by atoms with Gasteiger partial charge in [-0.15, -0.1) is 0 Å². The van der Waals surface area contributed by atoms with Gasteiger partial charge >= 0.3 is 0 Å². The second kappa shape index (κ2) is 6.69. The molecule has 1 aromatic carbocycles. The summed E-state index contributed by atoms with van der Waals surface area (Å²) in [4.78, 5) is 0.247. The van der Waals surface area contributed by atoms with Gasteiger partial charge in [0.15, 0.2) is 0 Å². The predicted octanol–water partition coefficient (Wildman–Crippen LogP) is 1.68. The van der Waals surface area contributed by atoms with Gasteiger partial charge in [-0.1, -0.05) is 6.07 Å². The van der Waals surface area contributed by atoms with Gasteiger partial charge in [0.2, 0.25) is 10.0 Å². The Morgan fingerprint density at radius 3 is 2.67 bits per heavy atom. The molecular formula is C13H17BrN4O2S. The zero-order valence-corrected chi connectivity index (χ0v) is 14.2. The van der Waals surface area contributed by atoms with Crippen molar-refractivity contribution in [3.05, 3.63) is 45.7 Å². The molecule has 0 aliphatic carbocycles. The Morgan fingerprint density at radius 2 is 2.05 bits per heavy atom. The lowest BCUT2D eigenvalue weighted by Crippen LogP contribution is -2.24. The van der Waals surface area contributed by atoms with E-state index in [0.29, 0.717) is 11.0 Å². The number of nitrogens with one attached hydrogen (secondary N) is 3. The molecule has 2 rings (SSSR count). The number of nitrogens with zero attached hydrogens (tertiary/aromatic N) is 1. The van der Waals surface area contributed by atoms with Gasteiger partial charge in [0.05, 0.1) is 11.1 Å². The van der Waals surface area contributed by atoms with Crippen LogP contribution in [0.5, 0.6) is 0 Å². The summed E-state index contributed by atoms with van der Waals surface area (Å²) in [6.07, 6.45) is 3.24. The summed E-state index contributed by atoms with van der Waals surface area (Å²) in [6, 6.07) is 3.63. The fraction of sp³-hybridized carbons (Fsp3) is 0.308. The van der Waals surface area contributed by atoms with Crippen LogP contribution in [0.15, 0.2) is 33.9 Å². The van der Waals surface area contributed by atoms with E-state index in [0.717, 1.165) is 16.7 Å². The Kier molecular flexibility index (Phi) is 5.15. The van der Waals surface area contributed by atoms with E-state index in [1.165, 1.54) is 0 Å². The van der Waals surface area contributed by atoms with Gasteiger partial charge in [-0.3, -0.25) is 5.10 Å². The molecule has 0 saturated heterocycles. The summed E-state index contributed by atoms with van der Waals surface area (Å²) in [6.45, 7) is 2.68. The van der Waals surface area contributed by atoms with Crippen LogP contribution in [0.2, 0.25) is 0 Å². The first kappa shape index (κ1) is 16.2. The molecule has 114 valence electrons. The van der Waals surface area contributed by atoms with Crippen LogP contribution in [0, 0.1) is 6.92 Å². The highest BCUT2D eigenvalue weighted by atomic mass is 79.9. The van der Waals surface area contributed by atoms with Crippen molar-refractivity contribution in [3.8, 4) is 0 Å². The Labute approximate surface area is 132 Å². The molecule has 0 saturated carbocycles. The van der Waals surface area contributed by atoms with Crippen LogP contribution >= 0.6 is 15.9 Å². The first-order chi connectivity index (χ1) is 9.94. The van der Waals surface area contributed by atoms with Crippen molar-refractivity contribution in [2.75, 3.05) is 7.05 Å². The third-order valence-electron chi connectivity index (χ3n) is 2.97. The maximum atomic E-state index is 12.5. The summed E-state index contributed by atoms with van der Waals surface area (Å²) >= 11 is 3.36. The van der Waals surface area contributed by atoms with Crippen LogP contribution in [0.3, 0.4) is 0 Å². The maximum Gasteiger partial charge on any atom is 0.242 e. The number of aryl methyl sites for hydroxylation is 1. The third kappa shape index (κ3) is 3.91. The molecule has 2 aromatic rings. The number of aromatic nitrogens is 2. The SMILES string of the molecule is CNCc1cc(C)c(Br)c(S(=O)(=O)NCc2cn[nH]c2)c1. The summed E-state index contributed by atoms with van der Waals surface area (Å²) in [7, 11) is -1.77. The van der Waals surface area contributed by atoms with E-state index < -0.39 is 10.0 Å². The predicted molar refractivity (Wildman–Crippen MR) is 84.3 cm³/mol. The average molecular weight is 373 g/mol. The van der Waals surface area contributed by atoms with Gasteiger partial charge in [0.25, 0.3) is 0 Å². The first-order valence-electron chi connectivity index (χ1n) is 6.35. The molecule has 0 aliphatic heterocycles. The number of sulfonamides is 1. The smallest absolute Gasteiger partial charge is 0.242 e. The molecule has 0 fully saturated rings. The molecule has 0 bridgehead atoms. The minimum atomic E-state index is -3.60. The van der Waals surface area contributed by atoms with Crippen molar-refractivity contribution >= 4 is 26.0 Å². The van der Waals surface area contributed by atoms with Crippen LogP contribution in [0.25, 0.3) is 0 Å². The van der Waals surface area contributed by atoms with E-state index >= 15 is 0 Å². The standard InChI is InChI=1S/C13H17BrN4O2S/c1-9-3-10(5-15-2)4-12(13(9)14)21(19,20)18-8-11-6-16-17-7-11/h3-4,6-7,15,18H,5,8H2,1-2H3,(H,16,17). The van der Waals surface area contributed by atoms with Crippen LogP contribution < -0.4 is 10.0 Å². The third-order valence-corrected chi connectivity index (χ3v) is 5.71. The highest BCUT2D eigenvalue weighted by Crippen LogP contribution is 2.27. The molecule has 1 aromatic heterocycles. The van der Waals surface area contributed by atoms with Gasteiger partial charge < -0.3 is 5.32 Å². The molecule has 0 amide bonds. The Bertz CT molecular complexity index is 714. The summed E-state index contributed by atoms with van der Waals surface area (Å²) < 4.78 is 28.1. The Morgan fingerprint density at radius 1 is 1.29 bits per heavy atom. The molecule has 0 aliphatic rings. The quantitative estimate of drug-likeness (QED) is 0.719. The second-order valence-electron chi connectivity index (χ2n) is 4.69. The number of rotatable bonds is 6. The highest BCUT2D eigenvalue weighted by molar-refractivity contribution is 9.10. The molecule has 6 nitrogen and oxygen atoms in total. The van der Waals surface area contributed by atoms with Crippen LogP contribution in [-0.2, 0) is 23.1 Å². The summed E-state index contributed by atoms with van der Waals surface area (Å²) in [5, 5.41) is 9.46. The van der Waals surface area contributed by atoms with E-state index in [4.69, 9.17) is 0 Å². The number of hydrogen-bond donors (Lipinski definition) is 3. The summed E-state index contributed by atoms with van der Waals surface area (Å²) in [5.41, 5.74) is 2.58. The van der Waals surface area contributed by atoms with Gasteiger partial charge in [-0.05, 0) is 47.1 Å². The number of H-pyrrole nitrogens is 1. The lowest BCUT2D eigenvalue weighted by Gasteiger charge is -2.12. The van der Waals surface area contributed by atoms with Crippen molar-refractivity contribution in [3.63, 3.8) is 0 Å². The van der Waals surface area contributed by atoms with Crippen molar-refractivity contribution < 1.29 is 8.42 Å². The molecule has 0 spiro atoms. The Balaban J connectivity index is 2.30. The molecule has 21 heavy (non-hydrogen) atoms. The Hall–Kier alpha value is -1.22. The topological polar surface area (TPSA) is 86.9 Å². The average Bonchev–Trinajstić information content (AvgIpc) is 2.94. The van der Waals surface area contributed by atoms with Gasteiger partial charge in [0.1, 0.15) is 0 Å². The maximum absolute atomic E-state index is 12.5. The molecule has 0 atom stereocenters. The van der Waals surface area contributed by atoms with E-state index in [1.54, 1.807) is 18.5 Å². The fourth-order valence-corrected chi connectivity index (χ4v) is 4.03. The highest BCUT2D eigenvalue weighted by Gasteiger charge is 2.19. The van der Waals surface area contributed by atoms with Crippen molar-refractivity contribution in [1.29, 1.82) is 0 Å². The minimum Gasteiger partial charge on any atom is -0.316 e. The number of benzene rings is 1. The van der Waals surface area contributed by atoms with Crippen LogP contribution in [0.1, 0.15) is 16.7 Å². The van der Waals surface area contributed by atoms with Crippen molar-refractivity contribution in [1.82, 2.24) is 20.2 Å². The van der Waals surface area contributed by atoms with Gasteiger partial charge in [-0.2, -0.15) is 5.10 Å². The van der Waals surface area contributed by atoms with Crippen molar-refractivity contribution in [2.24, 2.45) is 0 Å². The monoisotopic (exact) mass is 372 g/mol. The molecule has 1 heterocycles. The molecule has 0 radical (unpaired) electrons. The molecular weight excluding hydrogens is 356 g/mol. The van der Waals surface area contributed by atoms with E-state index in [1.807, 2.05) is 20.0 Å². The normalized spacial score (nSPS) is 11.8. The number of aromatic amines is 1. The van der Waals surface area contributed by atoms with Gasteiger partial charge in [-0.25, -0.2) is 13.1 Å². The fourth-order valence-electron chi connectivity index (χ4n) is 1.94. The lowest BCUT2D eigenvalue weighted by molar-refractivity contribution is 0.580. The molecule has 8 heteroatoms.